The summed E-state index contributed by atoms with van der Waals surface area (Å²) in [6.45, 7) is 2.92. The van der Waals surface area contributed by atoms with Crippen molar-refractivity contribution < 1.29 is 14.0 Å². The third-order valence-electron chi connectivity index (χ3n) is 6.64. The maximum absolute atomic E-state index is 13.4. The molecule has 1 atom stereocenters. The zero-order valence-electron chi connectivity index (χ0n) is 18.2. The molecule has 1 unspecified atom stereocenters. The Morgan fingerprint density at radius 2 is 1.79 bits per heavy atom. The van der Waals surface area contributed by atoms with E-state index in [0.717, 1.165) is 34.0 Å². The van der Waals surface area contributed by atoms with Gasteiger partial charge in [0.2, 0.25) is 11.8 Å². The van der Waals surface area contributed by atoms with Crippen LogP contribution in [-0.4, -0.2) is 63.7 Å². The number of benzene rings is 2. The summed E-state index contributed by atoms with van der Waals surface area (Å²) in [5, 5.41) is 2.10. The van der Waals surface area contributed by atoms with E-state index in [2.05, 4.69) is 28.1 Å². The molecular weight excluding hydrogens is 416 g/mol. The summed E-state index contributed by atoms with van der Waals surface area (Å²) in [5.41, 5.74) is 2.91. The predicted molar refractivity (Wildman–Crippen MR) is 124 cm³/mol. The Hall–Kier alpha value is -3.71. The van der Waals surface area contributed by atoms with Gasteiger partial charge in [0.05, 0.1) is 12.1 Å². The highest BCUT2D eigenvalue weighted by Crippen LogP contribution is 2.25. The lowest BCUT2D eigenvalue weighted by Crippen LogP contribution is -2.66. The number of fused-ring (bicyclic) bond motifs is 3. The van der Waals surface area contributed by atoms with Crippen LogP contribution in [0, 0.1) is 0 Å². The summed E-state index contributed by atoms with van der Waals surface area (Å²) in [4.78, 5) is 36.4. The van der Waals surface area contributed by atoms with Crippen molar-refractivity contribution in [2.45, 2.75) is 19.1 Å². The smallest absolute Gasteiger partial charge is 0.247 e. The van der Waals surface area contributed by atoms with Crippen LogP contribution < -0.4 is 0 Å². The third kappa shape index (κ3) is 3.64. The highest BCUT2D eigenvalue weighted by Gasteiger charge is 2.42. The van der Waals surface area contributed by atoms with E-state index >= 15 is 0 Å². The number of piperazine rings is 2. The van der Waals surface area contributed by atoms with Gasteiger partial charge in [0.25, 0.3) is 0 Å². The van der Waals surface area contributed by atoms with E-state index in [-0.39, 0.29) is 18.4 Å². The quantitative estimate of drug-likeness (QED) is 0.488. The first-order valence-electron chi connectivity index (χ1n) is 11.3. The van der Waals surface area contributed by atoms with Gasteiger partial charge in [-0.1, -0.05) is 42.5 Å². The van der Waals surface area contributed by atoms with E-state index in [1.54, 1.807) is 9.80 Å². The fraction of sp³-hybridized carbons (Fsp3) is 0.269. The van der Waals surface area contributed by atoms with Crippen molar-refractivity contribution >= 4 is 33.7 Å². The summed E-state index contributed by atoms with van der Waals surface area (Å²) in [6, 6.07) is 19.4. The van der Waals surface area contributed by atoms with Gasteiger partial charge >= 0.3 is 0 Å². The van der Waals surface area contributed by atoms with Gasteiger partial charge in [0.1, 0.15) is 23.9 Å². The molecular formula is C26H24N4O3. The van der Waals surface area contributed by atoms with Crippen molar-refractivity contribution in [1.82, 2.24) is 19.7 Å². The lowest BCUT2D eigenvalue weighted by molar-refractivity contribution is -0.160. The van der Waals surface area contributed by atoms with Crippen LogP contribution in [0.15, 0.2) is 71.3 Å². The van der Waals surface area contributed by atoms with Crippen LogP contribution in [-0.2, 0) is 22.7 Å². The van der Waals surface area contributed by atoms with Crippen LogP contribution in [0.4, 0.5) is 0 Å². The highest BCUT2D eigenvalue weighted by atomic mass is 16.3. The normalized spacial score (nSPS) is 19.5. The van der Waals surface area contributed by atoms with E-state index in [9.17, 15) is 9.59 Å². The average Bonchev–Trinajstić information content (AvgIpc) is 3.25. The van der Waals surface area contributed by atoms with Gasteiger partial charge in [-0.3, -0.25) is 19.5 Å². The molecule has 2 amide bonds. The van der Waals surface area contributed by atoms with Crippen LogP contribution in [0.2, 0.25) is 0 Å². The maximum atomic E-state index is 13.4. The van der Waals surface area contributed by atoms with E-state index < -0.39 is 6.04 Å². The van der Waals surface area contributed by atoms with Gasteiger partial charge in [-0.15, -0.1) is 0 Å². The van der Waals surface area contributed by atoms with Crippen molar-refractivity contribution in [2.75, 3.05) is 26.2 Å². The molecule has 166 valence electrons. The second kappa shape index (κ2) is 8.01. The molecule has 2 aromatic heterocycles. The number of furan rings is 1. The molecule has 0 saturated carbocycles. The average molecular weight is 441 g/mol. The second-order valence-corrected chi connectivity index (χ2v) is 8.78. The number of para-hydroxylation sites is 2. The molecule has 33 heavy (non-hydrogen) atoms. The number of amides is 2. The molecule has 4 heterocycles. The number of hydrogen-bond donors (Lipinski definition) is 0. The molecule has 2 aliphatic heterocycles. The fourth-order valence-electron chi connectivity index (χ4n) is 5.01. The maximum Gasteiger partial charge on any atom is 0.247 e. The van der Waals surface area contributed by atoms with Crippen molar-refractivity contribution in [3.63, 3.8) is 0 Å². The minimum absolute atomic E-state index is 0.00203. The monoisotopic (exact) mass is 440 g/mol. The Labute approximate surface area is 191 Å². The lowest BCUT2D eigenvalue weighted by atomic mass is 10.0. The van der Waals surface area contributed by atoms with Crippen LogP contribution in [0.3, 0.4) is 0 Å². The molecule has 7 heteroatoms. The Bertz CT molecular complexity index is 1330. The van der Waals surface area contributed by atoms with E-state index in [4.69, 9.17) is 4.42 Å². The van der Waals surface area contributed by atoms with Crippen molar-refractivity contribution in [3.8, 4) is 0 Å². The number of pyridine rings is 1. The number of aromatic nitrogens is 1. The van der Waals surface area contributed by atoms with Gasteiger partial charge in [-0.2, -0.15) is 0 Å². The molecule has 2 aliphatic rings. The molecule has 7 nitrogen and oxygen atoms in total. The minimum atomic E-state index is -0.465. The number of nitrogens with zero attached hydrogens (tertiary/aromatic N) is 4. The van der Waals surface area contributed by atoms with Crippen LogP contribution in [0.5, 0.6) is 0 Å². The number of rotatable bonds is 4. The standard InChI is InChI=1S/C26H24N4O3/c31-24-17-29(15-21-13-19-5-1-2-9-23(19)33-21)26(32)22-16-28(11-12-30(22)24)14-20-7-3-6-18-8-4-10-27-25(18)20/h1-10,13,22H,11-12,14-17H2. The fourth-order valence-corrected chi connectivity index (χ4v) is 5.01. The first-order chi connectivity index (χ1) is 16.2. The van der Waals surface area contributed by atoms with Gasteiger partial charge in [-0.25, -0.2) is 0 Å². The second-order valence-electron chi connectivity index (χ2n) is 8.78. The zero-order chi connectivity index (χ0) is 22.4. The summed E-state index contributed by atoms with van der Waals surface area (Å²) >= 11 is 0. The molecule has 2 fully saturated rings. The number of carbonyl (C=O) groups is 2. The topological polar surface area (TPSA) is 69.9 Å². The molecule has 0 N–H and O–H groups in total. The van der Waals surface area contributed by atoms with Crippen molar-refractivity contribution in [2.24, 2.45) is 0 Å². The third-order valence-corrected chi connectivity index (χ3v) is 6.64. The van der Waals surface area contributed by atoms with E-state index in [1.807, 2.05) is 48.7 Å². The SMILES string of the molecule is O=C1C2CN(Cc3cccc4cccnc34)CCN2C(=O)CN1Cc1cc2ccccc2o1. The summed E-state index contributed by atoms with van der Waals surface area (Å²) in [6.07, 6.45) is 1.81. The molecule has 4 aromatic rings. The Kier molecular flexibility index (Phi) is 4.84. The molecule has 0 aliphatic carbocycles. The minimum Gasteiger partial charge on any atom is -0.459 e. The largest absolute Gasteiger partial charge is 0.459 e. The van der Waals surface area contributed by atoms with Crippen molar-refractivity contribution in [1.29, 1.82) is 0 Å². The summed E-state index contributed by atoms with van der Waals surface area (Å²) in [7, 11) is 0. The highest BCUT2D eigenvalue weighted by molar-refractivity contribution is 5.95. The van der Waals surface area contributed by atoms with Crippen molar-refractivity contribution in [3.05, 3.63) is 78.2 Å². The predicted octanol–water partition coefficient (Wildman–Crippen LogP) is 3.04. The molecule has 2 aromatic carbocycles. The lowest BCUT2D eigenvalue weighted by Gasteiger charge is -2.46. The van der Waals surface area contributed by atoms with E-state index in [1.165, 1.54) is 0 Å². The molecule has 6 rings (SSSR count). The van der Waals surface area contributed by atoms with Gasteiger partial charge in [-0.05, 0) is 23.8 Å². The van der Waals surface area contributed by atoms with Crippen LogP contribution in [0.1, 0.15) is 11.3 Å². The molecule has 0 spiro atoms. The Morgan fingerprint density at radius 3 is 2.70 bits per heavy atom. The molecule has 2 saturated heterocycles. The van der Waals surface area contributed by atoms with Gasteiger partial charge in [0.15, 0.2) is 0 Å². The van der Waals surface area contributed by atoms with Crippen LogP contribution in [0.25, 0.3) is 21.9 Å². The van der Waals surface area contributed by atoms with Crippen LogP contribution >= 0.6 is 0 Å². The first kappa shape index (κ1) is 19.9. The Balaban J connectivity index is 1.20. The van der Waals surface area contributed by atoms with Gasteiger partial charge in [0, 0.05) is 43.1 Å². The summed E-state index contributed by atoms with van der Waals surface area (Å²) < 4.78 is 5.90. The number of hydrogen-bond acceptors (Lipinski definition) is 5. The zero-order valence-corrected chi connectivity index (χ0v) is 18.2. The van der Waals surface area contributed by atoms with E-state index in [0.29, 0.717) is 31.9 Å². The Morgan fingerprint density at radius 1 is 0.939 bits per heavy atom. The molecule has 0 radical (unpaired) electrons. The summed E-state index contributed by atoms with van der Waals surface area (Å²) in [5.74, 6) is 0.679. The molecule has 0 bridgehead atoms. The number of carbonyl (C=O) groups excluding carboxylic acids is 2. The first-order valence-corrected chi connectivity index (χ1v) is 11.3. The van der Waals surface area contributed by atoms with Gasteiger partial charge < -0.3 is 14.2 Å².